The maximum atomic E-state index is 9.38. The first-order valence-electron chi connectivity index (χ1n) is 6.94. The number of phenolic OH excluding ortho intramolecular Hbond substituents is 2. The second-order valence-electron chi connectivity index (χ2n) is 5.10. The van der Waals surface area contributed by atoms with Gasteiger partial charge in [0, 0.05) is 10.8 Å². The summed E-state index contributed by atoms with van der Waals surface area (Å²) in [6, 6.07) is 10.1. The summed E-state index contributed by atoms with van der Waals surface area (Å²) in [7, 11) is 0. The maximum Gasteiger partial charge on any atom is 0.123 e. The number of aromatic hydroxyl groups is 2. The molecule has 2 atom stereocenters. The van der Waals surface area contributed by atoms with Crippen LogP contribution < -0.4 is 0 Å². The van der Waals surface area contributed by atoms with Gasteiger partial charge < -0.3 is 24.4 Å². The predicted octanol–water partition coefficient (Wildman–Crippen LogP) is 2.05. The third kappa shape index (κ3) is 4.07. The molecule has 2 aliphatic rings. The molecule has 2 unspecified atom stereocenters. The Kier molecular flexibility index (Phi) is 4.24. The molecule has 2 aliphatic heterocycles. The number of hydrogen-bond donors (Lipinski definition) is 2. The second-order valence-corrected chi connectivity index (χ2v) is 5.10. The highest BCUT2D eigenvalue weighted by Gasteiger charge is 2.26. The van der Waals surface area contributed by atoms with Crippen molar-refractivity contribution in [3.63, 3.8) is 0 Å². The number of rotatable bonds is 4. The molecule has 21 heavy (non-hydrogen) atoms. The lowest BCUT2D eigenvalue weighted by Gasteiger charge is -2.01. The van der Waals surface area contributed by atoms with Gasteiger partial charge in [-0.1, -0.05) is 24.3 Å². The van der Waals surface area contributed by atoms with Crippen molar-refractivity contribution in [2.24, 2.45) is 0 Å². The third-order valence-electron chi connectivity index (χ3n) is 3.29. The van der Waals surface area contributed by atoms with Crippen LogP contribution in [0.5, 0.6) is 11.5 Å². The fourth-order valence-corrected chi connectivity index (χ4v) is 1.93. The number of epoxide rings is 2. The summed E-state index contributed by atoms with van der Waals surface area (Å²) >= 11 is 0. The molecule has 112 valence electrons. The fraction of sp³-hybridized carbons (Fsp3) is 0.375. The highest BCUT2D eigenvalue weighted by Crippen LogP contribution is 2.30. The molecule has 2 N–H and O–H groups in total. The van der Waals surface area contributed by atoms with E-state index in [1.165, 1.54) is 12.1 Å². The van der Waals surface area contributed by atoms with Crippen molar-refractivity contribution in [1.82, 2.24) is 0 Å². The molecular formula is C16H18O5. The maximum absolute atomic E-state index is 9.38. The van der Waals surface area contributed by atoms with E-state index in [9.17, 15) is 10.2 Å². The Balaban J connectivity index is 0.000000131. The summed E-state index contributed by atoms with van der Waals surface area (Å²) in [5.41, 5.74) is 0. The summed E-state index contributed by atoms with van der Waals surface area (Å²) in [6.45, 7) is 3.26. The van der Waals surface area contributed by atoms with Crippen LogP contribution in [0.2, 0.25) is 0 Å². The van der Waals surface area contributed by atoms with Crippen LogP contribution in [0.25, 0.3) is 10.8 Å². The molecule has 2 aromatic carbocycles. The van der Waals surface area contributed by atoms with Crippen LogP contribution in [0.15, 0.2) is 36.4 Å². The topological polar surface area (TPSA) is 74.8 Å². The zero-order valence-corrected chi connectivity index (χ0v) is 11.6. The molecule has 0 aliphatic carbocycles. The first-order chi connectivity index (χ1) is 10.2. The van der Waals surface area contributed by atoms with E-state index in [1.807, 2.05) is 12.1 Å². The summed E-state index contributed by atoms with van der Waals surface area (Å²) in [5.74, 6) is 0.395. The van der Waals surface area contributed by atoms with E-state index in [1.54, 1.807) is 12.1 Å². The minimum atomic E-state index is 0.198. The van der Waals surface area contributed by atoms with Gasteiger partial charge in [0.1, 0.15) is 23.7 Å². The minimum Gasteiger partial charge on any atom is -0.507 e. The van der Waals surface area contributed by atoms with Crippen molar-refractivity contribution >= 4 is 10.8 Å². The standard InChI is InChI=1S/C10H8O2.C6H10O3/c11-9-5-6-10(12)8-4-2-1-3-7(8)9;1(5-3-8-5)7-2-6-4-9-6/h1-6,11-12H;5-6H,1-4H2. The Labute approximate surface area is 122 Å². The lowest BCUT2D eigenvalue weighted by molar-refractivity contribution is 0.102. The normalized spacial score (nSPS) is 22.5. The smallest absolute Gasteiger partial charge is 0.123 e. The average molecular weight is 290 g/mol. The van der Waals surface area contributed by atoms with Gasteiger partial charge in [-0.15, -0.1) is 0 Å². The zero-order chi connectivity index (χ0) is 14.7. The van der Waals surface area contributed by atoms with Gasteiger partial charge in [-0.25, -0.2) is 0 Å². The van der Waals surface area contributed by atoms with Gasteiger partial charge in [-0.2, -0.15) is 0 Å². The highest BCUT2D eigenvalue weighted by atomic mass is 16.6. The van der Waals surface area contributed by atoms with E-state index >= 15 is 0 Å². The lowest BCUT2D eigenvalue weighted by Crippen LogP contribution is -2.06. The van der Waals surface area contributed by atoms with Gasteiger partial charge in [-0.3, -0.25) is 0 Å². The molecule has 5 nitrogen and oxygen atoms in total. The Morgan fingerprint density at radius 2 is 1.29 bits per heavy atom. The molecular weight excluding hydrogens is 272 g/mol. The molecule has 0 aromatic heterocycles. The largest absolute Gasteiger partial charge is 0.507 e. The number of ether oxygens (including phenoxy) is 3. The number of hydrogen-bond acceptors (Lipinski definition) is 5. The summed E-state index contributed by atoms with van der Waals surface area (Å²) in [4.78, 5) is 0. The van der Waals surface area contributed by atoms with Gasteiger partial charge >= 0.3 is 0 Å². The first-order valence-corrected chi connectivity index (χ1v) is 6.94. The molecule has 2 heterocycles. The van der Waals surface area contributed by atoms with Gasteiger partial charge in [0.25, 0.3) is 0 Å². The lowest BCUT2D eigenvalue weighted by atomic mass is 10.1. The minimum absolute atomic E-state index is 0.198. The number of fused-ring (bicyclic) bond motifs is 1. The number of benzene rings is 2. The van der Waals surface area contributed by atoms with E-state index in [0.717, 1.165) is 26.4 Å². The van der Waals surface area contributed by atoms with Crippen LogP contribution in [0.1, 0.15) is 0 Å². The van der Waals surface area contributed by atoms with Crippen LogP contribution >= 0.6 is 0 Å². The third-order valence-corrected chi connectivity index (χ3v) is 3.29. The van der Waals surface area contributed by atoms with Gasteiger partial charge in [0.15, 0.2) is 0 Å². The van der Waals surface area contributed by atoms with Crippen molar-refractivity contribution < 1.29 is 24.4 Å². The zero-order valence-electron chi connectivity index (χ0n) is 11.6. The number of phenols is 2. The molecule has 0 spiro atoms. The van der Waals surface area contributed by atoms with Crippen molar-refractivity contribution in [2.75, 3.05) is 26.4 Å². The van der Waals surface area contributed by atoms with E-state index in [-0.39, 0.29) is 11.5 Å². The highest BCUT2D eigenvalue weighted by molar-refractivity contribution is 5.92. The average Bonchev–Trinajstić information content (AvgIpc) is 3.39. The van der Waals surface area contributed by atoms with Gasteiger partial charge in [0.05, 0.1) is 26.4 Å². The molecule has 5 heteroatoms. The van der Waals surface area contributed by atoms with Crippen LogP contribution in [0.3, 0.4) is 0 Å². The Hall–Kier alpha value is -1.82. The van der Waals surface area contributed by atoms with Gasteiger partial charge in [0.2, 0.25) is 0 Å². The first kappa shape index (κ1) is 14.1. The molecule has 0 saturated carbocycles. The van der Waals surface area contributed by atoms with Gasteiger partial charge in [-0.05, 0) is 12.1 Å². The van der Waals surface area contributed by atoms with Crippen molar-refractivity contribution in [1.29, 1.82) is 0 Å². The second kappa shape index (κ2) is 6.30. The Bertz CT molecular complexity index is 552. The van der Waals surface area contributed by atoms with E-state index in [4.69, 9.17) is 14.2 Å². The van der Waals surface area contributed by atoms with Crippen molar-refractivity contribution in [3.8, 4) is 11.5 Å². The summed E-state index contributed by atoms with van der Waals surface area (Å²) in [5, 5.41) is 20.1. The summed E-state index contributed by atoms with van der Waals surface area (Å²) < 4.78 is 15.1. The van der Waals surface area contributed by atoms with Crippen LogP contribution in [-0.4, -0.2) is 48.8 Å². The van der Waals surface area contributed by atoms with E-state index in [0.29, 0.717) is 23.0 Å². The Morgan fingerprint density at radius 3 is 1.67 bits per heavy atom. The molecule has 2 saturated heterocycles. The predicted molar refractivity (Wildman–Crippen MR) is 77.6 cm³/mol. The molecule has 0 amide bonds. The van der Waals surface area contributed by atoms with Crippen molar-refractivity contribution in [3.05, 3.63) is 36.4 Å². The SMILES string of the molecule is C(OCC1CO1)C1CO1.Oc1ccc(O)c2ccccc12. The molecule has 2 fully saturated rings. The quantitative estimate of drug-likeness (QED) is 0.666. The molecule has 0 bridgehead atoms. The molecule has 0 radical (unpaired) electrons. The van der Waals surface area contributed by atoms with E-state index in [2.05, 4.69) is 0 Å². The molecule has 4 rings (SSSR count). The van der Waals surface area contributed by atoms with Crippen LogP contribution in [-0.2, 0) is 14.2 Å². The monoisotopic (exact) mass is 290 g/mol. The van der Waals surface area contributed by atoms with Crippen molar-refractivity contribution in [2.45, 2.75) is 12.2 Å². The van der Waals surface area contributed by atoms with Crippen LogP contribution in [0, 0.1) is 0 Å². The molecule has 2 aromatic rings. The summed E-state index contributed by atoms with van der Waals surface area (Å²) in [6.07, 6.45) is 0.785. The Morgan fingerprint density at radius 1 is 0.857 bits per heavy atom. The fourth-order valence-electron chi connectivity index (χ4n) is 1.93. The van der Waals surface area contributed by atoms with Crippen LogP contribution in [0.4, 0.5) is 0 Å². The van der Waals surface area contributed by atoms with E-state index < -0.39 is 0 Å².